The van der Waals surface area contributed by atoms with E-state index in [-0.39, 0.29) is 29.6 Å². The number of halogens is 1. The van der Waals surface area contributed by atoms with Crippen LogP contribution in [0.1, 0.15) is 27.6 Å². The van der Waals surface area contributed by atoms with Gasteiger partial charge in [-0.2, -0.15) is 0 Å². The fourth-order valence-corrected chi connectivity index (χ4v) is 2.59. The van der Waals surface area contributed by atoms with Gasteiger partial charge in [-0.05, 0) is 25.1 Å². The van der Waals surface area contributed by atoms with Crippen molar-refractivity contribution in [2.75, 3.05) is 19.7 Å². The molecule has 0 fully saturated rings. The van der Waals surface area contributed by atoms with Gasteiger partial charge < -0.3 is 20.5 Å². The summed E-state index contributed by atoms with van der Waals surface area (Å²) in [6, 6.07) is 10.2. The zero-order chi connectivity index (χ0) is 19.6. The Bertz CT molecular complexity index is 758. The Morgan fingerprint density at radius 2 is 1.85 bits per heavy atom. The Labute approximate surface area is 162 Å². The van der Waals surface area contributed by atoms with Crippen LogP contribution >= 0.6 is 11.6 Å². The van der Waals surface area contributed by atoms with Gasteiger partial charge in [0.25, 0.3) is 11.8 Å². The van der Waals surface area contributed by atoms with Crippen molar-refractivity contribution in [3.8, 4) is 0 Å². The molecule has 7 nitrogen and oxygen atoms in total. The summed E-state index contributed by atoms with van der Waals surface area (Å²) in [6.45, 7) is 2.18. The Balaban J connectivity index is 1.88. The standard InChI is InChI=1S/C19H22ClN3O4/c1-2-27-17(12-23-19(26)14-8-9-21-10-15(14)20)16(24)11-22-18(25)13-6-4-3-5-7-13/h3-10,16-17,24H,2,11-12H2,1H3,(H,22,25)(H,23,26)/t16-,17+/m0/s1. The number of hydrogen-bond acceptors (Lipinski definition) is 5. The van der Waals surface area contributed by atoms with Crippen molar-refractivity contribution in [1.82, 2.24) is 15.6 Å². The van der Waals surface area contributed by atoms with E-state index < -0.39 is 18.1 Å². The number of hydrogen-bond donors (Lipinski definition) is 3. The van der Waals surface area contributed by atoms with Crippen molar-refractivity contribution >= 4 is 23.4 Å². The number of carbonyl (C=O) groups excluding carboxylic acids is 2. The fourth-order valence-electron chi connectivity index (χ4n) is 2.39. The molecule has 0 radical (unpaired) electrons. The minimum absolute atomic E-state index is 0.00964. The molecule has 144 valence electrons. The van der Waals surface area contributed by atoms with Crippen molar-refractivity contribution in [2.45, 2.75) is 19.1 Å². The molecule has 0 aliphatic carbocycles. The monoisotopic (exact) mass is 391 g/mol. The van der Waals surface area contributed by atoms with Gasteiger partial charge in [0.2, 0.25) is 0 Å². The molecule has 8 heteroatoms. The van der Waals surface area contributed by atoms with E-state index in [1.165, 1.54) is 18.5 Å². The SMILES string of the molecule is CCO[C@H](CNC(=O)c1ccncc1Cl)[C@@H](O)CNC(=O)c1ccccc1. The molecule has 2 rings (SSSR count). The van der Waals surface area contributed by atoms with E-state index in [1.54, 1.807) is 31.2 Å². The third-order valence-electron chi connectivity index (χ3n) is 3.80. The molecule has 27 heavy (non-hydrogen) atoms. The van der Waals surface area contributed by atoms with Gasteiger partial charge in [0.05, 0.1) is 16.7 Å². The van der Waals surface area contributed by atoms with Gasteiger partial charge in [-0.1, -0.05) is 29.8 Å². The Morgan fingerprint density at radius 1 is 1.15 bits per heavy atom. The van der Waals surface area contributed by atoms with Gasteiger partial charge in [0.15, 0.2) is 0 Å². The van der Waals surface area contributed by atoms with Crippen LogP contribution in [0.15, 0.2) is 48.8 Å². The van der Waals surface area contributed by atoms with Crippen molar-refractivity contribution in [3.63, 3.8) is 0 Å². The Morgan fingerprint density at radius 3 is 2.52 bits per heavy atom. The first-order valence-corrected chi connectivity index (χ1v) is 8.91. The lowest BCUT2D eigenvalue weighted by atomic mass is 10.1. The van der Waals surface area contributed by atoms with E-state index in [0.29, 0.717) is 12.2 Å². The highest BCUT2D eigenvalue weighted by Crippen LogP contribution is 2.13. The molecule has 0 aliphatic heterocycles. The van der Waals surface area contributed by atoms with E-state index in [0.717, 1.165) is 0 Å². The van der Waals surface area contributed by atoms with Crippen LogP contribution in [0.3, 0.4) is 0 Å². The van der Waals surface area contributed by atoms with Crippen LogP contribution in [-0.4, -0.2) is 53.8 Å². The first kappa shape index (κ1) is 20.8. The van der Waals surface area contributed by atoms with E-state index in [4.69, 9.17) is 16.3 Å². The van der Waals surface area contributed by atoms with Gasteiger partial charge in [0.1, 0.15) is 6.10 Å². The molecule has 2 atom stereocenters. The number of nitrogens with zero attached hydrogens (tertiary/aromatic N) is 1. The number of pyridine rings is 1. The summed E-state index contributed by atoms with van der Waals surface area (Å²) in [7, 11) is 0. The number of aliphatic hydroxyl groups is 1. The number of benzene rings is 1. The van der Waals surface area contributed by atoms with Gasteiger partial charge in [-0.25, -0.2) is 0 Å². The van der Waals surface area contributed by atoms with Crippen molar-refractivity contribution in [3.05, 3.63) is 64.9 Å². The molecular weight excluding hydrogens is 370 g/mol. The largest absolute Gasteiger partial charge is 0.388 e. The van der Waals surface area contributed by atoms with Crippen LogP contribution in [-0.2, 0) is 4.74 Å². The summed E-state index contributed by atoms with van der Waals surface area (Å²) in [5.74, 6) is -0.690. The highest BCUT2D eigenvalue weighted by atomic mass is 35.5. The molecule has 1 heterocycles. The summed E-state index contributed by atoms with van der Waals surface area (Å²) in [5.41, 5.74) is 0.784. The van der Waals surface area contributed by atoms with Gasteiger partial charge in [-0.15, -0.1) is 0 Å². The Hall–Kier alpha value is -2.48. The molecule has 2 aromatic rings. The second kappa shape index (κ2) is 10.6. The first-order chi connectivity index (χ1) is 13.0. The van der Waals surface area contributed by atoms with Gasteiger partial charge in [0, 0.05) is 37.7 Å². The van der Waals surface area contributed by atoms with Gasteiger partial charge >= 0.3 is 0 Å². The highest BCUT2D eigenvalue weighted by Gasteiger charge is 2.22. The predicted molar refractivity (Wildman–Crippen MR) is 102 cm³/mol. The van der Waals surface area contributed by atoms with E-state index in [2.05, 4.69) is 15.6 Å². The number of nitrogens with one attached hydrogen (secondary N) is 2. The molecule has 0 aliphatic rings. The topological polar surface area (TPSA) is 101 Å². The van der Waals surface area contributed by atoms with Crippen LogP contribution in [0.5, 0.6) is 0 Å². The van der Waals surface area contributed by atoms with Crippen LogP contribution in [0.4, 0.5) is 0 Å². The molecule has 0 saturated carbocycles. The fraction of sp³-hybridized carbons (Fsp3) is 0.316. The Kier molecular flexibility index (Phi) is 8.19. The molecule has 0 unspecified atom stereocenters. The van der Waals surface area contributed by atoms with Crippen molar-refractivity contribution in [2.24, 2.45) is 0 Å². The molecule has 1 aromatic carbocycles. The van der Waals surface area contributed by atoms with Crippen molar-refractivity contribution < 1.29 is 19.4 Å². The average molecular weight is 392 g/mol. The number of aliphatic hydroxyl groups excluding tert-OH is 1. The predicted octanol–water partition coefficient (Wildman–Crippen LogP) is 1.66. The lowest BCUT2D eigenvalue weighted by Crippen LogP contribution is -2.46. The number of carbonyl (C=O) groups is 2. The van der Waals surface area contributed by atoms with Crippen molar-refractivity contribution in [1.29, 1.82) is 0 Å². The third-order valence-corrected chi connectivity index (χ3v) is 4.10. The summed E-state index contributed by atoms with van der Waals surface area (Å²) in [6.07, 6.45) is 1.17. The number of ether oxygens (including phenoxy) is 1. The summed E-state index contributed by atoms with van der Waals surface area (Å²) in [4.78, 5) is 28.1. The van der Waals surface area contributed by atoms with E-state index in [9.17, 15) is 14.7 Å². The maximum atomic E-state index is 12.2. The van der Waals surface area contributed by atoms with Crippen LogP contribution in [0, 0.1) is 0 Å². The minimum atomic E-state index is -0.995. The van der Waals surface area contributed by atoms with Crippen LogP contribution in [0.25, 0.3) is 0 Å². The summed E-state index contributed by atoms with van der Waals surface area (Å²) in [5, 5.41) is 15.9. The number of aromatic nitrogens is 1. The molecule has 0 spiro atoms. The number of rotatable bonds is 9. The summed E-state index contributed by atoms with van der Waals surface area (Å²) < 4.78 is 5.50. The molecule has 2 amide bonds. The lowest BCUT2D eigenvalue weighted by molar-refractivity contribution is -0.0287. The molecule has 3 N–H and O–H groups in total. The first-order valence-electron chi connectivity index (χ1n) is 8.53. The van der Waals surface area contributed by atoms with Gasteiger partial charge in [-0.3, -0.25) is 14.6 Å². The average Bonchev–Trinajstić information content (AvgIpc) is 2.69. The molecule has 0 saturated heterocycles. The second-order valence-electron chi connectivity index (χ2n) is 5.70. The number of amides is 2. The van der Waals surface area contributed by atoms with Crippen LogP contribution in [0.2, 0.25) is 5.02 Å². The smallest absolute Gasteiger partial charge is 0.253 e. The maximum absolute atomic E-state index is 12.2. The quantitative estimate of drug-likeness (QED) is 0.603. The maximum Gasteiger partial charge on any atom is 0.253 e. The third kappa shape index (κ3) is 6.32. The summed E-state index contributed by atoms with van der Waals surface area (Å²) >= 11 is 5.95. The van der Waals surface area contributed by atoms with Crippen LogP contribution < -0.4 is 10.6 Å². The second-order valence-corrected chi connectivity index (χ2v) is 6.11. The lowest BCUT2D eigenvalue weighted by Gasteiger charge is -2.23. The zero-order valence-electron chi connectivity index (χ0n) is 14.9. The highest BCUT2D eigenvalue weighted by molar-refractivity contribution is 6.33. The molecular formula is C19H22ClN3O4. The molecule has 1 aromatic heterocycles. The van der Waals surface area contributed by atoms with E-state index in [1.807, 2.05) is 6.07 Å². The molecule has 0 bridgehead atoms. The minimum Gasteiger partial charge on any atom is -0.388 e. The normalized spacial score (nSPS) is 12.9. The van der Waals surface area contributed by atoms with E-state index >= 15 is 0 Å². The zero-order valence-corrected chi connectivity index (χ0v) is 15.6.